The van der Waals surface area contributed by atoms with Crippen LogP contribution in [0.3, 0.4) is 0 Å². The minimum Gasteiger partial charge on any atom is -0.452 e. The lowest BCUT2D eigenvalue weighted by atomic mass is 10.2. The molecule has 0 N–H and O–H groups in total. The Morgan fingerprint density at radius 3 is 2.75 bits per heavy atom. The number of fused-ring (bicyclic) bond motifs is 1. The smallest absolute Gasteiger partial charge is 0.198 e. The summed E-state index contributed by atoms with van der Waals surface area (Å²) >= 11 is 3.36. The largest absolute Gasteiger partial charge is 0.452 e. The van der Waals surface area contributed by atoms with Crippen LogP contribution in [0.1, 0.15) is 30.3 Å². The second kappa shape index (κ2) is 6.10. The Morgan fingerprint density at radius 1 is 1.35 bits per heavy atom. The van der Waals surface area contributed by atoms with Crippen molar-refractivity contribution in [1.29, 1.82) is 0 Å². The Balaban J connectivity index is 2.07. The summed E-state index contributed by atoms with van der Waals surface area (Å²) in [7, 11) is -3.02. The number of halogens is 1. The number of rotatable bonds is 6. The van der Waals surface area contributed by atoms with Crippen molar-refractivity contribution < 1.29 is 17.6 Å². The molecule has 0 saturated carbocycles. The van der Waals surface area contributed by atoms with Gasteiger partial charge in [0.05, 0.1) is 10.2 Å². The van der Waals surface area contributed by atoms with Crippen LogP contribution in [-0.2, 0) is 9.84 Å². The number of benzene rings is 1. The molecule has 0 unspecified atom stereocenters. The minimum absolute atomic E-state index is 0.0408. The van der Waals surface area contributed by atoms with Gasteiger partial charge < -0.3 is 4.42 Å². The highest BCUT2D eigenvalue weighted by atomic mass is 79.9. The summed E-state index contributed by atoms with van der Waals surface area (Å²) in [6, 6.07) is 7.26. The zero-order chi connectivity index (χ0) is 14.8. The second-order valence-corrected chi connectivity index (χ2v) is 7.86. The first kappa shape index (κ1) is 15.3. The molecule has 0 fully saturated rings. The van der Waals surface area contributed by atoms with E-state index in [1.165, 1.54) is 0 Å². The van der Waals surface area contributed by atoms with Crippen molar-refractivity contribution in [2.75, 3.05) is 11.5 Å². The predicted octanol–water partition coefficient (Wildman–Crippen LogP) is 3.59. The summed E-state index contributed by atoms with van der Waals surface area (Å²) in [5.41, 5.74) is 0.636. The van der Waals surface area contributed by atoms with E-state index in [1.54, 1.807) is 13.0 Å². The molecule has 4 nitrogen and oxygen atoms in total. The molecular formula is C14H15BrO4S. The van der Waals surface area contributed by atoms with Gasteiger partial charge in [-0.3, -0.25) is 4.79 Å². The number of carbonyl (C=O) groups is 1. The van der Waals surface area contributed by atoms with Crippen molar-refractivity contribution in [2.45, 2.75) is 19.8 Å². The molecule has 0 bridgehead atoms. The van der Waals surface area contributed by atoms with Crippen molar-refractivity contribution in [3.05, 3.63) is 34.5 Å². The van der Waals surface area contributed by atoms with Crippen LogP contribution in [0.2, 0.25) is 0 Å². The van der Waals surface area contributed by atoms with Crippen molar-refractivity contribution in [2.24, 2.45) is 0 Å². The first-order valence-electron chi connectivity index (χ1n) is 6.34. The number of ketones is 1. The van der Waals surface area contributed by atoms with Gasteiger partial charge in [-0.2, -0.15) is 0 Å². The number of sulfone groups is 1. The lowest BCUT2D eigenvalue weighted by molar-refractivity contribution is 0.0957. The maximum atomic E-state index is 12.0. The van der Waals surface area contributed by atoms with Crippen molar-refractivity contribution >= 4 is 42.5 Å². The zero-order valence-corrected chi connectivity index (χ0v) is 13.5. The van der Waals surface area contributed by atoms with Crippen LogP contribution in [0, 0.1) is 0 Å². The Labute approximate surface area is 126 Å². The van der Waals surface area contributed by atoms with Crippen LogP contribution in [-0.4, -0.2) is 25.7 Å². The molecular weight excluding hydrogens is 344 g/mol. The quantitative estimate of drug-likeness (QED) is 0.740. The topological polar surface area (TPSA) is 64.3 Å². The third-order valence-corrected chi connectivity index (χ3v) is 5.48. The lowest BCUT2D eigenvalue weighted by Gasteiger charge is -1.99. The highest BCUT2D eigenvalue weighted by Crippen LogP contribution is 2.27. The number of para-hydroxylation sites is 1. The van der Waals surface area contributed by atoms with Gasteiger partial charge in [-0.05, 0) is 34.5 Å². The molecule has 20 heavy (non-hydrogen) atoms. The fraction of sp³-hybridized carbons (Fsp3) is 0.357. The van der Waals surface area contributed by atoms with E-state index in [-0.39, 0.29) is 29.5 Å². The molecule has 0 spiro atoms. The molecule has 0 radical (unpaired) electrons. The average Bonchev–Trinajstić information content (AvgIpc) is 2.84. The first-order chi connectivity index (χ1) is 9.43. The third kappa shape index (κ3) is 3.49. The summed E-state index contributed by atoms with van der Waals surface area (Å²) in [5.74, 6) is 0.262. The Hall–Kier alpha value is -1.14. The Kier molecular flexibility index (Phi) is 4.65. The maximum absolute atomic E-state index is 12.0. The fourth-order valence-corrected chi connectivity index (χ4v) is 3.22. The summed E-state index contributed by atoms with van der Waals surface area (Å²) in [6.07, 6.45) is 0.504. The summed E-state index contributed by atoms with van der Waals surface area (Å²) in [6.45, 7) is 1.61. The van der Waals surface area contributed by atoms with Crippen molar-refractivity contribution in [3.63, 3.8) is 0 Å². The van der Waals surface area contributed by atoms with E-state index in [0.29, 0.717) is 12.0 Å². The standard InChI is InChI=1S/C14H15BrO4S/c1-2-20(17,18)8-4-7-12(16)13-9-10-5-3-6-11(15)14(10)19-13/h3,5-6,9H,2,4,7-8H2,1H3. The van der Waals surface area contributed by atoms with Gasteiger partial charge in [0, 0.05) is 17.6 Å². The molecule has 0 aliphatic rings. The van der Waals surface area contributed by atoms with Crippen LogP contribution in [0.4, 0.5) is 0 Å². The molecule has 2 rings (SSSR count). The highest BCUT2D eigenvalue weighted by Gasteiger charge is 2.15. The third-order valence-electron chi connectivity index (χ3n) is 3.07. The van der Waals surface area contributed by atoms with E-state index in [4.69, 9.17) is 4.42 Å². The van der Waals surface area contributed by atoms with Crippen molar-refractivity contribution in [3.8, 4) is 0 Å². The molecule has 0 saturated heterocycles. The van der Waals surface area contributed by atoms with E-state index in [1.807, 2.05) is 18.2 Å². The van der Waals surface area contributed by atoms with Crippen LogP contribution < -0.4 is 0 Å². The monoisotopic (exact) mass is 358 g/mol. The number of carbonyl (C=O) groups excluding carboxylic acids is 1. The number of hydrogen-bond donors (Lipinski definition) is 0. The minimum atomic E-state index is -3.02. The molecule has 2 aromatic rings. The number of Topliss-reactive ketones (excluding diaryl/α,β-unsaturated/α-hetero) is 1. The van der Waals surface area contributed by atoms with E-state index >= 15 is 0 Å². The molecule has 1 aromatic heterocycles. The fourth-order valence-electron chi connectivity index (χ4n) is 1.89. The van der Waals surface area contributed by atoms with E-state index in [9.17, 15) is 13.2 Å². The van der Waals surface area contributed by atoms with E-state index < -0.39 is 9.84 Å². The van der Waals surface area contributed by atoms with Crippen LogP contribution in [0.5, 0.6) is 0 Å². The van der Waals surface area contributed by atoms with Crippen LogP contribution in [0.25, 0.3) is 11.0 Å². The normalized spacial score (nSPS) is 11.9. The summed E-state index contributed by atoms with van der Waals surface area (Å²) in [5, 5.41) is 0.851. The van der Waals surface area contributed by atoms with E-state index in [2.05, 4.69) is 15.9 Å². The molecule has 0 atom stereocenters. The molecule has 0 aliphatic carbocycles. The lowest BCUT2D eigenvalue weighted by Crippen LogP contribution is -2.10. The molecule has 108 valence electrons. The van der Waals surface area contributed by atoms with Crippen LogP contribution in [0.15, 0.2) is 33.2 Å². The maximum Gasteiger partial charge on any atom is 0.198 e. The average molecular weight is 359 g/mol. The van der Waals surface area contributed by atoms with Gasteiger partial charge in [0.15, 0.2) is 11.5 Å². The Bertz CT molecular complexity index is 731. The summed E-state index contributed by atoms with van der Waals surface area (Å²) in [4.78, 5) is 12.0. The molecule has 1 heterocycles. The second-order valence-electron chi connectivity index (χ2n) is 4.53. The van der Waals surface area contributed by atoms with Gasteiger partial charge in [-0.1, -0.05) is 19.1 Å². The molecule has 0 amide bonds. The van der Waals surface area contributed by atoms with Gasteiger partial charge in [0.2, 0.25) is 0 Å². The van der Waals surface area contributed by atoms with Crippen LogP contribution >= 0.6 is 15.9 Å². The number of furan rings is 1. The van der Waals surface area contributed by atoms with Gasteiger partial charge in [-0.25, -0.2) is 8.42 Å². The summed E-state index contributed by atoms with van der Waals surface area (Å²) < 4.78 is 29.0. The first-order valence-corrected chi connectivity index (χ1v) is 8.96. The van der Waals surface area contributed by atoms with Gasteiger partial charge >= 0.3 is 0 Å². The zero-order valence-electron chi connectivity index (χ0n) is 11.1. The molecule has 1 aromatic carbocycles. The van der Waals surface area contributed by atoms with E-state index in [0.717, 1.165) is 9.86 Å². The molecule has 6 heteroatoms. The highest BCUT2D eigenvalue weighted by molar-refractivity contribution is 9.10. The molecule has 0 aliphatic heterocycles. The SMILES string of the molecule is CCS(=O)(=O)CCCC(=O)c1cc2cccc(Br)c2o1. The Morgan fingerprint density at radius 2 is 2.10 bits per heavy atom. The van der Waals surface area contributed by atoms with Crippen molar-refractivity contribution in [1.82, 2.24) is 0 Å². The predicted molar refractivity (Wildman–Crippen MR) is 81.8 cm³/mol. The van der Waals surface area contributed by atoms with Gasteiger partial charge in [0.1, 0.15) is 15.4 Å². The van der Waals surface area contributed by atoms with Gasteiger partial charge in [0.25, 0.3) is 0 Å². The van der Waals surface area contributed by atoms with Gasteiger partial charge in [-0.15, -0.1) is 0 Å². The number of hydrogen-bond acceptors (Lipinski definition) is 4.